The highest BCUT2D eigenvalue weighted by Gasteiger charge is 2.25. The Hall–Kier alpha value is -3.78. The first-order valence-corrected chi connectivity index (χ1v) is 10.2. The van der Waals surface area contributed by atoms with E-state index in [-0.39, 0.29) is 5.91 Å². The number of pyridine rings is 2. The van der Waals surface area contributed by atoms with Crippen LogP contribution in [0.15, 0.2) is 74.8 Å². The van der Waals surface area contributed by atoms with E-state index >= 15 is 0 Å². The van der Waals surface area contributed by atoms with Gasteiger partial charge in [-0.3, -0.25) is 9.78 Å². The van der Waals surface area contributed by atoms with E-state index in [9.17, 15) is 4.79 Å². The van der Waals surface area contributed by atoms with Crippen LogP contribution in [0.2, 0.25) is 0 Å². The molecule has 0 aliphatic rings. The Bertz CT molecular complexity index is 1300. The van der Waals surface area contributed by atoms with Gasteiger partial charge in [-0.2, -0.15) is 11.3 Å². The standard InChI is InChI=1S/C22H16N4O3S/c1-14-20-17(10-18(19-5-3-8-28-19)24-21(20)29-25-14)22(27)26(12-15-6-9-30-13-15)16-4-2-7-23-11-16/h2-11,13H,12H2,1H3. The molecule has 0 aromatic carbocycles. The zero-order valence-electron chi connectivity index (χ0n) is 16.0. The molecule has 5 aromatic heterocycles. The van der Waals surface area contributed by atoms with Gasteiger partial charge in [0.15, 0.2) is 5.76 Å². The third kappa shape index (κ3) is 3.27. The van der Waals surface area contributed by atoms with Crippen molar-refractivity contribution in [3.05, 3.63) is 82.6 Å². The molecule has 0 saturated carbocycles. The molecule has 0 aliphatic heterocycles. The summed E-state index contributed by atoms with van der Waals surface area (Å²) in [6.45, 7) is 2.21. The lowest BCUT2D eigenvalue weighted by Gasteiger charge is -2.22. The quantitative estimate of drug-likeness (QED) is 0.396. The highest BCUT2D eigenvalue weighted by molar-refractivity contribution is 7.07. The number of fused-ring (bicyclic) bond motifs is 1. The largest absolute Gasteiger partial charge is 0.463 e. The monoisotopic (exact) mass is 416 g/mol. The molecule has 1 amide bonds. The van der Waals surface area contributed by atoms with E-state index in [1.165, 1.54) is 0 Å². The molecule has 5 heterocycles. The molecule has 5 aromatic rings. The predicted octanol–water partition coefficient (Wildman–Crippen LogP) is 5.09. The number of aryl methyl sites for hydroxylation is 1. The normalized spacial score (nSPS) is 11.1. The van der Waals surface area contributed by atoms with E-state index in [1.54, 1.807) is 60.0 Å². The lowest BCUT2D eigenvalue weighted by molar-refractivity contribution is 0.0986. The smallest absolute Gasteiger partial charge is 0.259 e. The van der Waals surface area contributed by atoms with Gasteiger partial charge in [-0.05, 0) is 59.6 Å². The molecular formula is C22H16N4O3S. The molecule has 0 aliphatic carbocycles. The SMILES string of the molecule is Cc1noc2nc(-c3ccco3)cc(C(=O)N(Cc3ccsc3)c3cccnc3)c12. The second-order valence-electron chi connectivity index (χ2n) is 6.71. The number of hydrogen-bond acceptors (Lipinski definition) is 7. The minimum absolute atomic E-state index is 0.194. The van der Waals surface area contributed by atoms with E-state index in [2.05, 4.69) is 15.1 Å². The summed E-state index contributed by atoms with van der Waals surface area (Å²) in [4.78, 5) is 24.2. The van der Waals surface area contributed by atoms with Gasteiger partial charge in [0, 0.05) is 6.20 Å². The molecular weight excluding hydrogens is 400 g/mol. The van der Waals surface area contributed by atoms with Crippen molar-refractivity contribution in [1.82, 2.24) is 15.1 Å². The molecule has 0 saturated heterocycles. The molecule has 7 nitrogen and oxygen atoms in total. The minimum atomic E-state index is -0.194. The maximum absolute atomic E-state index is 13.8. The summed E-state index contributed by atoms with van der Waals surface area (Å²) in [5.74, 6) is 0.353. The van der Waals surface area contributed by atoms with Gasteiger partial charge in [-0.15, -0.1) is 0 Å². The van der Waals surface area contributed by atoms with Gasteiger partial charge in [0.2, 0.25) is 0 Å². The van der Waals surface area contributed by atoms with Crippen LogP contribution in [0.4, 0.5) is 5.69 Å². The molecule has 0 bridgehead atoms. The fourth-order valence-electron chi connectivity index (χ4n) is 3.32. The van der Waals surface area contributed by atoms with Crippen LogP contribution in [0.25, 0.3) is 22.6 Å². The Morgan fingerprint density at radius 2 is 2.17 bits per heavy atom. The van der Waals surface area contributed by atoms with Crippen molar-refractivity contribution < 1.29 is 13.7 Å². The number of hydrogen-bond donors (Lipinski definition) is 0. The van der Waals surface area contributed by atoms with Crippen molar-refractivity contribution >= 4 is 34.0 Å². The number of furan rings is 1. The molecule has 0 fully saturated rings. The number of anilines is 1. The fraction of sp³-hybridized carbons (Fsp3) is 0.0909. The summed E-state index contributed by atoms with van der Waals surface area (Å²) in [7, 11) is 0. The maximum atomic E-state index is 13.8. The molecule has 148 valence electrons. The van der Waals surface area contributed by atoms with Crippen LogP contribution in [-0.2, 0) is 6.54 Å². The molecule has 5 rings (SSSR count). The lowest BCUT2D eigenvalue weighted by Crippen LogP contribution is -2.30. The summed E-state index contributed by atoms with van der Waals surface area (Å²) >= 11 is 1.59. The fourth-order valence-corrected chi connectivity index (χ4v) is 3.98. The van der Waals surface area contributed by atoms with Gasteiger partial charge in [0.1, 0.15) is 5.69 Å². The number of aromatic nitrogens is 3. The van der Waals surface area contributed by atoms with Gasteiger partial charge < -0.3 is 13.8 Å². The van der Waals surface area contributed by atoms with Gasteiger partial charge >= 0.3 is 0 Å². The first-order chi connectivity index (χ1) is 14.7. The van der Waals surface area contributed by atoms with Gasteiger partial charge in [-0.1, -0.05) is 5.16 Å². The van der Waals surface area contributed by atoms with Crippen molar-refractivity contribution in [3.63, 3.8) is 0 Å². The Morgan fingerprint density at radius 1 is 1.23 bits per heavy atom. The van der Waals surface area contributed by atoms with Crippen LogP contribution in [0.1, 0.15) is 21.6 Å². The summed E-state index contributed by atoms with van der Waals surface area (Å²) in [5.41, 5.74) is 3.60. The number of carbonyl (C=O) groups is 1. The Morgan fingerprint density at radius 3 is 2.90 bits per heavy atom. The van der Waals surface area contributed by atoms with Crippen LogP contribution in [0.5, 0.6) is 0 Å². The van der Waals surface area contributed by atoms with Crippen molar-refractivity contribution in [1.29, 1.82) is 0 Å². The van der Waals surface area contributed by atoms with Crippen LogP contribution >= 0.6 is 11.3 Å². The Labute approximate surface area is 175 Å². The number of thiophene rings is 1. The molecule has 0 N–H and O–H groups in total. The Kier molecular flexibility index (Phi) is 4.61. The number of nitrogens with zero attached hydrogens (tertiary/aromatic N) is 4. The molecule has 30 heavy (non-hydrogen) atoms. The Balaban J connectivity index is 1.66. The molecule has 8 heteroatoms. The van der Waals surface area contributed by atoms with Gasteiger partial charge in [0.05, 0.1) is 41.3 Å². The maximum Gasteiger partial charge on any atom is 0.259 e. The highest BCUT2D eigenvalue weighted by Crippen LogP contribution is 2.30. The molecule has 0 spiro atoms. The topological polar surface area (TPSA) is 85.3 Å². The average molecular weight is 416 g/mol. The van der Waals surface area contributed by atoms with Crippen LogP contribution in [-0.4, -0.2) is 21.0 Å². The van der Waals surface area contributed by atoms with Crippen molar-refractivity contribution in [2.75, 3.05) is 4.90 Å². The van der Waals surface area contributed by atoms with Crippen molar-refractivity contribution in [2.45, 2.75) is 13.5 Å². The van der Waals surface area contributed by atoms with Gasteiger partial charge in [-0.25, -0.2) is 4.98 Å². The summed E-state index contributed by atoms with van der Waals surface area (Å²) in [5, 5.41) is 8.63. The third-order valence-electron chi connectivity index (χ3n) is 4.74. The summed E-state index contributed by atoms with van der Waals surface area (Å²) in [6, 6.07) is 11.0. The van der Waals surface area contributed by atoms with Crippen molar-refractivity contribution in [3.8, 4) is 11.5 Å². The molecule has 0 atom stereocenters. The van der Waals surface area contributed by atoms with E-state index in [0.29, 0.717) is 46.0 Å². The second kappa shape index (κ2) is 7.57. The van der Waals surface area contributed by atoms with Crippen LogP contribution in [0, 0.1) is 6.92 Å². The number of amides is 1. The van der Waals surface area contributed by atoms with E-state index < -0.39 is 0 Å². The summed E-state index contributed by atoms with van der Waals surface area (Å²) < 4.78 is 10.9. The zero-order chi connectivity index (χ0) is 20.5. The van der Waals surface area contributed by atoms with Crippen molar-refractivity contribution in [2.24, 2.45) is 0 Å². The first-order valence-electron chi connectivity index (χ1n) is 9.24. The molecule has 0 unspecified atom stereocenters. The molecule has 0 radical (unpaired) electrons. The number of carbonyl (C=O) groups excluding carboxylic acids is 1. The van der Waals surface area contributed by atoms with Crippen LogP contribution in [0.3, 0.4) is 0 Å². The number of rotatable bonds is 5. The zero-order valence-corrected chi connectivity index (χ0v) is 16.8. The summed E-state index contributed by atoms with van der Waals surface area (Å²) in [6.07, 6.45) is 4.92. The lowest BCUT2D eigenvalue weighted by atomic mass is 10.1. The minimum Gasteiger partial charge on any atom is -0.463 e. The van der Waals surface area contributed by atoms with E-state index in [4.69, 9.17) is 8.94 Å². The third-order valence-corrected chi connectivity index (χ3v) is 5.48. The predicted molar refractivity (Wildman–Crippen MR) is 113 cm³/mol. The average Bonchev–Trinajstić information content (AvgIpc) is 3.54. The first kappa shape index (κ1) is 18.3. The highest BCUT2D eigenvalue weighted by atomic mass is 32.1. The second-order valence-corrected chi connectivity index (χ2v) is 7.49. The van der Waals surface area contributed by atoms with Gasteiger partial charge in [0.25, 0.3) is 11.6 Å². The van der Waals surface area contributed by atoms with E-state index in [0.717, 1.165) is 5.56 Å². The van der Waals surface area contributed by atoms with Crippen LogP contribution < -0.4 is 4.90 Å². The van der Waals surface area contributed by atoms with E-state index in [1.807, 2.05) is 29.0 Å².